The van der Waals surface area contributed by atoms with Gasteiger partial charge in [0.05, 0.1) is 18.3 Å². The molecule has 1 aromatic heterocycles. The topological polar surface area (TPSA) is 40.5 Å². The number of nitrogens with one attached hydrogen (secondary N) is 1. The lowest BCUT2D eigenvalue weighted by Crippen LogP contribution is -2.42. The Morgan fingerprint density at radius 1 is 0.912 bits per heavy atom. The Morgan fingerprint density at radius 3 is 2.41 bits per heavy atom. The molecule has 5 heteroatoms. The Kier molecular flexibility index (Phi) is 6.09. The molecule has 1 aliphatic heterocycles. The van der Waals surface area contributed by atoms with E-state index in [9.17, 15) is 4.79 Å². The van der Waals surface area contributed by atoms with Crippen LogP contribution in [-0.2, 0) is 13.0 Å². The molecule has 2 heterocycles. The van der Waals surface area contributed by atoms with Crippen molar-refractivity contribution in [3.8, 4) is 5.69 Å². The van der Waals surface area contributed by atoms with Crippen molar-refractivity contribution < 1.29 is 4.79 Å². The van der Waals surface area contributed by atoms with E-state index in [0.29, 0.717) is 13.1 Å². The zero-order chi connectivity index (χ0) is 23.5. The van der Waals surface area contributed by atoms with Crippen molar-refractivity contribution in [3.05, 3.63) is 120 Å². The average Bonchev–Trinajstić information content (AvgIpc) is 3.29. The number of rotatable bonds is 5. The second-order valence-electron chi connectivity index (χ2n) is 8.92. The second kappa shape index (κ2) is 9.48. The first kappa shape index (κ1) is 21.8. The maximum Gasteiger partial charge on any atom is 0.318 e. The van der Waals surface area contributed by atoms with E-state index in [1.165, 1.54) is 5.56 Å². The number of carbonyl (C=O) groups is 1. The van der Waals surface area contributed by atoms with Gasteiger partial charge in [0.1, 0.15) is 0 Å². The maximum absolute atomic E-state index is 13.6. The third kappa shape index (κ3) is 4.29. The fourth-order valence-electron chi connectivity index (χ4n) is 4.70. The molecule has 34 heavy (non-hydrogen) atoms. The average molecular weight is 451 g/mol. The molecule has 0 spiro atoms. The van der Waals surface area contributed by atoms with Gasteiger partial charge in [-0.05, 0) is 53.4 Å². The molecule has 1 aliphatic rings. The van der Waals surface area contributed by atoms with Gasteiger partial charge in [0, 0.05) is 38.2 Å². The van der Waals surface area contributed by atoms with Gasteiger partial charge in [-0.1, -0.05) is 60.7 Å². The number of anilines is 1. The van der Waals surface area contributed by atoms with E-state index in [1.807, 2.05) is 43.3 Å². The molecule has 3 aromatic carbocycles. The lowest BCUT2D eigenvalue weighted by Gasteiger charge is -2.31. The summed E-state index contributed by atoms with van der Waals surface area (Å²) in [6.45, 7) is 1.13. The van der Waals surface area contributed by atoms with Crippen LogP contribution in [0, 0.1) is 0 Å². The van der Waals surface area contributed by atoms with Gasteiger partial charge in [-0.25, -0.2) is 4.79 Å². The van der Waals surface area contributed by atoms with Gasteiger partial charge in [-0.15, -0.1) is 0 Å². The highest BCUT2D eigenvalue weighted by Crippen LogP contribution is 2.37. The largest absolute Gasteiger partial charge is 0.378 e. The molecule has 172 valence electrons. The van der Waals surface area contributed by atoms with Crippen molar-refractivity contribution in [1.29, 1.82) is 0 Å². The lowest BCUT2D eigenvalue weighted by atomic mass is 10.0. The Bertz CT molecular complexity index is 1260. The van der Waals surface area contributed by atoms with Crippen LogP contribution in [-0.4, -0.2) is 36.1 Å². The minimum Gasteiger partial charge on any atom is -0.378 e. The van der Waals surface area contributed by atoms with Crippen LogP contribution < -0.4 is 10.2 Å². The molecule has 0 saturated carbocycles. The smallest absolute Gasteiger partial charge is 0.318 e. The number of hydrogen-bond acceptors (Lipinski definition) is 2. The zero-order valence-corrected chi connectivity index (χ0v) is 19.7. The monoisotopic (exact) mass is 450 g/mol. The highest BCUT2D eigenvalue weighted by Gasteiger charge is 2.32. The van der Waals surface area contributed by atoms with Gasteiger partial charge >= 0.3 is 6.03 Å². The van der Waals surface area contributed by atoms with Gasteiger partial charge in [0.15, 0.2) is 0 Å². The third-order valence-electron chi connectivity index (χ3n) is 6.48. The van der Waals surface area contributed by atoms with Crippen LogP contribution in [0.5, 0.6) is 0 Å². The van der Waals surface area contributed by atoms with Crippen molar-refractivity contribution in [1.82, 2.24) is 14.8 Å². The highest BCUT2D eigenvalue weighted by molar-refractivity contribution is 5.76. The molecule has 2 amide bonds. The predicted octanol–water partition coefficient (Wildman–Crippen LogP) is 5.40. The summed E-state index contributed by atoms with van der Waals surface area (Å²) in [6, 6.07) is 31.0. The Labute approximate surface area is 201 Å². The number of aromatic nitrogens is 1. The van der Waals surface area contributed by atoms with Crippen LogP contribution in [0.2, 0.25) is 0 Å². The molecule has 0 radical (unpaired) electrons. The van der Waals surface area contributed by atoms with E-state index in [4.69, 9.17) is 0 Å². The second-order valence-corrected chi connectivity index (χ2v) is 8.92. The normalized spacial score (nSPS) is 14.6. The molecule has 1 atom stereocenters. The van der Waals surface area contributed by atoms with Gasteiger partial charge < -0.3 is 19.7 Å². The minimum atomic E-state index is -0.199. The van der Waals surface area contributed by atoms with Gasteiger partial charge in [0.2, 0.25) is 0 Å². The standard InChI is InChI=1S/C29H30N4O/c1-31(2)25-16-14-23(15-17-25)28-27-13-8-20-32(27)26-12-7-6-11-24(26)21-33(28)29(34)30-19-18-22-9-4-3-5-10-22/h3-17,20,28H,18-19,21H2,1-2H3,(H,30,34)/t28-/m1/s1. The molecule has 1 N–H and O–H groups in total. The third-order valence-corrected chi connectivity index (χ3v) is 6.48. The molecule has 4 aromatic rings. The van der Waals surface area contributed by atoms with Crippen LogP contribution in [0.15, 0.2) is 97.2 Å². The van der Waals surface area contributed by atoms with Crippen LogP contribution in [0.4, 0.5) is 10.5 Å². The Hall–Kier alpha value is -3.99. The number of carbonyl (C=O) groups excluding carboxylic acids is 1. The minimum absolute atomic E-state index is 0.0536. The zero-order valence-electron chi connectivity index (χ0n) is 19.7. The first-order valence-electron chi connectivity index (χ1n) is 11.7. The first-order valence-corrected chi connectivity index (χ1v) is 11.7. The summed E-state index contributed by atoms with van der Waals surface area (Å²) >= 11 is 0. The van der Waals surface area contributed by atoms with Crippen molar-refractivity contribution in [2.75, 3.05) is 25.5 Å². The molecule has 0 bridgehead atoms. The number of nitrogens with zero attached hydrogens (tertiary/aromatic N) is 3. The molecule has 0 unspecified atom stereocenters. The van der Waals surface area contributed by atoms with Gasteiger partial charge in [0.25, 0.3) is 0 Å². The van der Waals surface area contributed by atoms with Crippen LogP contribution in [0.3, 0.4) is 0 Å². The van der Waals surface area contributed by atoms with E-state index in [-0.39, 0.29) is 12.1 Å². The number of hydrogen-bond donors (Lipinski definition) is 1. The van der Waals surface area contributed by atoms with Crippen LogP contribution >= 0.6 is 0 Å². The maximum atomic E-state index is 13.6. The van der Waals surface area contributed by atoms with E-state index < -0.39 is 0 Å². The van der Waals surface area contributed by atoms with E-state index >= 15 is 0 Å². The quantitative estimate of drug-likeness (QED) is 0.442. The highest BCUT2D eigenvalue weighted by atomic mass is 16.2. The summed E-state index contributed by atoms with van der Waals surface area (Å²) in [5.74, 6) is 0. The first-order chi connectivity index (χ1) is 16.6. The van der Waals surface area contributed by atoms with Gasteiger partial charge in [-0.2, -0.15) is 0 Å². The number of benzene rings is 3. The number of fused-ring (bicyclic) bond motifs is 3. The molecule has 5 nitrogen and oxygen atoms in total. The van der Waals surface area contributed by atoms with Crippen molar-refractivity contribution in [3.63, 3.8) is 0 Å². The molecule has 5 rings (SSSR count). The van der Waals surface area contributed by atoms with Gasteiger partial charge in [-0.3, -0.25) is 0 Å². The lowest BCUT2D eigenvalue weighted by molar-refractivity contribution is 0.181. The molecular formula is C29H30N4O. The van der Waals surface area contributed by atoms with E-state index in [0.717, 1.165) is 34.6 Å². The fraction of sp³-hybridized carbons (Fsp3) is 0.207. The van der Waals surface area contributed by atoms with Crippen LogP contribution in [0.1, 0.15) is 28.4 Å². The summed E-state index contributed by atoms with van der Waals surface area (Å²) in [6.07, 6.45) is 2.89. The summed E-state index contributed by atoms with van der Waals surface area (Å²) in [5, 5.41) is 3.18. The molecular weight excluding hydrogens is 420 g/mol. The van der Waals surface area contributed by atoms with Crippen molar-refractivity contribution in [2.24, 2.45) is 0 Å². The predicted molar refractivity (Wildman–Crippen MR) is 137 cm³/mol. The summed E-state index contributed by atoms with van der Waals surface area (Å²) in [5.41, 5.74) is 6.78. The Balaban J connectivity index is 1.50. The van der Waals surface area contributed by atoms with E-state index in [1.54, 1.807) is 0 Å². The SMILES string of the molecule is CN(C)c1ccc([C@@H]2c3cccn3-c3ccccc3CN2C(=O)NCCc2ccccc2)cc1. The number of amides is 2. The summed E-state index contributed by atoms with van der Waals surface area (Å²) in [7, 11) is 4.07. The number of para-hydroxylation sites is 1. The molecule has 0 fully saturated rings. The van der Waals surface area contributed by atoms with Crippen molar-refractivity contribution >= 4 is 11.7 Å². The summed E-state index contributed by atoms with van der Waals surface area (Å²) in [4.78, 5) is 17.7. The Morgan fingerprint density at radius 2 is 1.65 bits per heavy atom. The fourth-order valence-corrected chi connectivity index (χ4v) is 4.70. The van der Waals surface area contributed by atoms with Crippen molar-refractivity contribution in [2.45, 2.75) is 19.0 Å². The molecule has 0 aliphatic carbocycles. The summed E-state index contributed by atoms with van der Waals surface area (Å²) < 4.78 is 2.22. The van der Waals surface area contributed by atoms with Crippen LogP contribution in [0.25, 0.3) is 5.69 Å². The molecule has 0 saturated heterocycles. The number of urea groups is 1. The van der Waals surface area contributed by atoms with E-state index in [2.05, 4.69) is 87.7 Å².